The average molecular weight is 441 g/mol. The number of hydrogen-bond acceptors (Lipinski definition) is 5. The van der Waals surface area contributed by atoms with Gasteiger partial charge in [-0.3, -0.25) is 14.4 Å². The molecule has 0 saturated heterocycles. The molecule has 7 nitrogen and oxygen atoms in total. The number of rotatable bonds is 9. The molecule has 172 valence electrons. The van der Waals surface area contributed by atoms with Crippen molar-refractivity contribution in [2.24, 2.45) is 0 Å². The van der Waals surface area contributed by atoms with Gasteiger partial charge in [0, 0.05) is 19.2 Å². The Morgan fingerprint density at radius 1 is 0.969 bits per heavy atom. The summed E-state index contributed by atoms with van der Waals surface area (Å²) < 4.78 is 10.4. The first-order valence-electron chi connectivity index (χ1n) is 10.6. The van der Waals surface area contributed by atoms with Crippen molar-refractivity contribution in [2.75, 3.05) is 26.8 Å². The molecule has 0 aromatic heterocycles. The van der Waals surface area contributed by atoms with Crippen molar-refractivity contribution in [2.45, 2.75) is 39.7 Å². The summed E-state index contributed by atoms with van der Waals surface area (Å²) in [7, 11) is 1.63. The van der Waals surface area contributed by atoms with Crippen LogP contribution in [0.25, 0.3) is 0 Å². The molecule has 0 saturated carbocycles. The fourth-order valence-corrected chi connectivity index (χ4v) is 2.90. The first-order valence-corrected chi connectivity index (χ1v) is 10.6. The van der Waals surface area contributed by atoms with Gasteiger partial charge in [-0.15, -0.1) is 0 Å². The highest BCUT2D eigenvalue weighted by Gasteiger charge is 2.16. The van der Waals surface area contributed by atoms with E-state index >= 15 is 0 Å². The number of likely N-dealkylation sites (N-methyl/N-ethyl adjacent to an activating group) is 1. The van der Waals surface area contributed by atoms with Crippen LogP contribution in [0.5, 0.6) is 5.75 Å². The summed E-state index contributed by atoms with van der Waals surface area (Å²) in [5.74, 6) is -0.614. The minimum absolute atomic E-state index is 0.00850. The van der Waals surface area contributed by atoms with Gasteiger partial charge in [0.2, 0.25) is 0 Å². The molecule has 0 bridgehead atoms. The van der Waals surface area contributed by atoms with E-state index in [1.807, 2.05) is 43.3 Å². The molecule has 0 spiro atoms. The van der Waals surface area contributed by atoms with Crippen LogP contribution in [0.15, 0.2) is 48.5 Å². The zero-order valence-corrected chi connectivity index (χ0v) is 19.4. The molecule has 0 aliphatic rings. The number of benzene rings is 2. The maximum Gasteiger partial charge on any atom is 0.325 e. The Hall–Kier alpha value is -3.35. The Balaban J connectivity index is 1.74. The standard InChI is InChI=1S/C25H32N2O5/c1-6-31-21-13-7-18(8-14-21)16-27(5)22(28)17-32-23(29)15-26-24(30)19-9-11-20(12-10-19)25(2,3)4/h7-14H,6,15-17H2,1-5H3,(H,26,30). The highest BCUT2D eigenvalue weighted by atomic mass is 16.5. The van der Waals surface area contributed by atoms with Gasteiger partial charge in [-0.2, -0.15) is 0 Å². The van der Waals surface area contributed by atoms with Gasteiger partial charge in [0.05, 0.1) is 6.61 Å². The number of ether oxygens (including phenoxy) is 2. The van der Waals surface area contributed by atoms with Crippen molar-refractivity contribution in [1.29, 1.82) is 0 Å². The summed E-state index contributed by atoms with van der Waals surface area (Å²) in [5, 5.41) is 2.52. The molecule has 0 heterocycles. The number of carbonyl (C=O) groups is 3. The van der Waals surface area contributed by atoms with Crippen LogP contribution in [-0.4, -0.2) is 49.5 Å². The highest BCUT2D eigenvalue weighted by Crippen LogP contribution is 2.22. The first kappa shape index (κ1) is 24.9. The number of carbonyl (C=O) groups excluding carboxylic acids is 3. The van der Waals surface area contributed by atoms with Crippen molar-refractivity contribution in [1.82, 2.24) is 10.2 Å². The van der Waals surface area contributed by atoms with E-state index in [1.54, 1.807) is 19.2 Å². The fraction of sp³-hybridized carbons (Fsp3) is 0.400. The molecular formula is C25H32N2O5. The fourth-order valence-electron chi connectivity index (χ4n) is 2.90. The minimum atomic E-state index is -0.674. The Kier molecular flexibility index (Phi) is 8.81. The van der Waals surface area contributed by atoms with Gasteiger partial charge in [-0.1, -0.05) is 45.0 Å². The molecule has 0 aliphatic heterocycles. The van der Waals surface area contributed by atoms with Crippen LogP contribution in [0.3, 0.4) is 0 Å². The van der Waals surface area contributed by atoms with Gasteiger partial charge in [-0.05, 0) is 47.7 Å². The van der Waals surface area contributed by atoms with E-state index in [-0.39, 0.29) is 30.4 Å². The van der Waals surface area contributed by atoms with Crippen molar-refractivity contribution in [3.63, 3.8) is 0 Å². The molecular weight excluding hydrogens is 408 g/mol. The Bertz CT molecular complexity index is 915. The Labute approximate surface area is 189 Å². The number of nitrogens with zero attached hydrogens (tertiary/aromatic N) is 1. The summed E-state index contributed by atoms with van der Waals surface area (Å²) in [6.45, 7) is 8.46. The SMILES string of the molecule is CCOc1ccc(CN(C)C(=O)COC(=O)CNC(=O)c2ccc(C(C)(C)C)cc2)cc1. The van der Waals surface area contributed by atoms with Crippen LogP contribution in [-0.2, 0) is 26.3 Å². The quantitative estimate of drug-likeness (QED) is 0.605. The van der Waals surface area contributed by atoms with Crippen LogP contribution >= 0.6 is 0 Å². The zero-order chi connectivity index (χ0) is 23.7. The predicted molar refractivity (Wildman–Crippen MR) is 123 cm³/mol. The third kappa shape index (κ3) is 7.72. The summed E-state index contributed by atoms with van der Waals surface area (Å²) in [5.41, 5.74) is 2.49. The van der Waals surface area contributed by atoms with Crippen molar-refractivity contribution < 1.29 is 23.9 Å². The van der Waals surface area contributed by atoms with E-state index in [9.17, 15) is 14.4 Å². The van der Waals surface area contributed by atoms with Crippen LogP contribution in [0.4, 0.5) is 0 Å². The molecule has 2 aromatic carbocycles. The van der Waals surface area contributed by atoms with Crippen molar-refractivity contribution in [3.05, 3.63) is 65.2 Å². The topological polar surface area (TPSA) is 84.9 Å². The third-order valence-electron chi connectivity index (χ3n) is 4.84. The van der Waals surface area contributed by atoms with Gasteiger partial charge in [0.1, 0.15) is 12.3 Å². The zero-order valence-electron chi connectivity index (χ0n) is 19.4. The molecule has 2 aromatic rings. The van der Waals surface area contributed by atoms with Crippen LogP contribution < -0.4 is 10.1 Å². The normalized spacial score (nSPS) is 10.9. The monoisotopic (exact) mass is 440 g/mol. The maximum atomic E-state index is 12.2. The second-order valence-electron chi connectivity index (χ2n) is 8.50. The lowest BCUT2D eigenvalue weighted by Crippen LogP contribution is -2.34. The second-order valence-corrected chi connectivity index (χ2v) is 8.50. The number of hydrogen-bond donors (Lipinski definition) is 1. The van der Waals surface area contributed by atoms with Crippen LogP contribution in [0.1, 0.15) is 49.2 Å². The van der Waals surface area contributed by atoms with E-state index in [0.29, 0.717) is 18.7 Å². The van der Waals surface area contributed by atoms with Gasteiger partial charge >= 0.3 is 5.97 Å². The average Bonchev–Trinajstić information content (AvgIpc) is 2.76. The summed E-state index contributed by atoms with van der Waals surface area (Å²) in [4.78, 5) is 37.8. The highest BCUT2D eigenvalue weighted by molar-refractivity contribution is 5.96. The number of esters is 1. The molecule has 0 atom stereocenters. The van der Waals surface area contributed by atoms with Crippen molar-refractivity contribution in [3.8, 4) is 5.75 Å². The van der Waals surface area contributed by atoms with E-state index in [2.05, 4.69) is 26.1 Å². The molecule has 0 radical (unpaired) electrons. The van der Waals surface area contributed by atoms with Gasteiger partial charge in [-0.25, -0.2) is 0 Å². The smallest absolute Gasteiger partial charge is 0.325 e. The molecule has 7 heteroatoms. The van der Waals surface area contributed by atoms with Crippen molar-refractivity contribution >= 4 is 17.8 Å². The minimum Gasteiger partial charge on any atom is -0.494 e. The Morgan fingerprint density at radius 2 is 1.59 bits per heavy atom. The number of nitrogens with one attached hydrogen (secondary N) is 1. The second kappa shape index (κ2) is 11.3. The lowest BCUT2D eigenvalue weighted by Gasteiger charge is -2.19. The molecule has 32 heavy (non-hydrogen) atoms. The molecule has 0 aliphatic carbocycles. The molecule has 0 fully saturated rings. The summed E-state index contributed by atoms with van der Waals surface area (Å²) >= 11 is 0. The van der Waals surface area contributed by atoms with E-state index in [4.69, 9.17) is 9.47 Å². The molecule has 1 N–H and O–H groups in total. The lowest BCUT2D eigenvalue weighted by atomic mass is 9.87. The summed E-state index contributed by atoms with van der Waals surface area (Å²) in [6.07, 6.45) is 0. The van der Waals surface area contributed by atoms with E-state index in [1.165, 1.54) is 4.90 Å². The lowest BCUT2D eigenvalue weighted by molar-refractivity contribution is -0.150. The predicted octanol–water partition coefficient (Wildman–Crippen LogP) is 3.31. The van der Waals surface area contributed by atoms with Crippen LogP contribution in [0.2, 0.25) is 0 Å². The van der Waals surface area contributed by atoms with E-state index in [0.717, 1.165) is 16.9 Å². The molecule has 2 rings (SSSR count). The van der Waals surface area contributed by atoms with Gasteiger partial charge in [0.25, 0.3) is 11.8 Å². The third-order valence-corrected chi connectivity index (χ3v) is 4.84. The largest absolute Gasteiger partial charge is 0.494 e. The van der Waals surface area contributed by atoms with Crippen LogP contribution in [0, 0.1) is 0 Å². The molecule has 2 amide bonds. The number of amides is 2. The first-order chi connectivity index (χ1) is 15.1. The summed E-state index contributed by atoms with van der Waals surface area (Å²) in [6, 6.07) is 14.7. The Morgan fingerprint density at radius 3 is 2.16 bits per heavy atom. The van der Waals surface area contributed by atoms with E-state index < -0.39 is 5.97 Å². The van der Waals surface area contributed by atoms with Gasteiger partial charge in [0.15, 0.2) is 6.61 Å². The van der Waals surface area contributed by atoms with Gasteiger partial charge < -0.3 is 19.7 Å². The maximum absolute atomic E-state index is 12.2. The molecule has 0 unspecified atom stereocenters.